The average molecular weight is 565 g/mol. The van der Waals surface area contributed by atoms with E-state index >= 15 is 0 Å². The van der Waals surface area contributed by atoms with Crippen LogP contribution in [0.4, 0.5) is 11.4 Å². The summed E-state index contributed by atoms with van der Waals surface area (Å²) in [5, 5.41) is 9.57. The van der Waals surface area contributed by atoms with E-state index in [1.807, 2.05) is 12.1 Å². The lowest BCUT2D eigenvalue weighted by atomic mass is 9.93. The number of hydrogen-bond acceptors (Lipinski definition) is 8. The average Bonchev–Trinajstić information content (AvgIpc) is 2.97. The molecule has 42 heavy (non-hydrogen) atoms. The van der Waals surface area contributed by atoms with Gasteiger partial charge in [0.1, 0.15) is 0 Å². The van der Waals surface area contributed by atoms with Crippen LogP contribution in [0.5, 0.6) is 0 Å². The van der Waals surface area contributed by atoms with Crippen LogP contribution in [0.1, 0.15) is 54.3 Å². The van der Waals surface area contributed by atoms with Gasteiger partial charge in [-0.2, -0.15) is 0 Å². The Hall–Kier alpha value is -4.80. The highest BCUT2D eigenvalue weighted by Gasteiger charge is 2.33. The van der Waals surface area contributed by atoms with E-state index < -0.39 is 0 Å². The van der Waals surface area contributed by atoms with Gasteiger partial charge in [0.2, 0.25) is 0 Å². The van der Waals surface area contributed by atoms with Crippen molar-refractivity contribution in [1.29, 1.82) is 0 Å². The number of nitrogens with zero attached hydrogens (tertiary/aromatic N) is 2. The number of anilines is 2. The molecule has 214 valence electrons. The molecular formula is C32H32N6O4. The highest BCUT2D eigenvalue weighted by Crippen LogP contribution is 2.33. The number of carbonyl (C=O) groups is 4. The van der Waals surface area contributed by atoms with Gasteiger partial charge in [-0.25, -0.2) is 0 Å². The first-order valence-corrected chi connectivity index (χ1v) is 14.1. The minimum atomic E-state index is -0.313. The number of carbonyl (C=O) groups excluding carboxylic acids is 4. The predicted molar refractivity (Wildman–Crippen MR) is 162 cm³/mol. The zero-order valence-electron chi connectivity index (χ0n) is 23.1. The molecule has 2 aliphatic rings. The van der Waals surface area contributed by atoms with Gasteiger partial charge >= 0.3 is 0 Å². The maximum Gasteiger partial charge on any atom is 0.261 e. The van der Waals surface area contributed by atoms with Crippen molar-refractivity contribution >= 4 is 56.5 Å². The molecule has 6 rings (SSSR count). The van der Waals surface area contributed by atoms with Gasteiger partial charge in [0, 0.05) is 59.5 Å². The summed E-state index contributed by atoms with van der Waals surface area (Å²) in [5.41, 5.74) is 15.0. The molecule has 2 aliphatic heterocycles. The Labute approximate surface area is 242 Å². The molecule has 0 fully saturated rings. The van der Waals surface area contributed by atoms with Gasteiger partial charge in [0.05, 0.1) is 11.1 Å². The Morgan fingerprint density at radius 2 is 0.929 bits per heavy atom. The zero-order valence-corrected chi connectivity index (χ0v) is 23.1. The van der Waals surface area contributed by atoms with E-state index in [0.717, 1.165) is 10.8 Å². The topological polar surface area (TPSA) is 151 Å². The Bertz CT molecular complexity index is 1640. The van der Waals surface area contributed by atoms with Crippen molar-refractivity contribution in [2.45, 2.75) is 12.8 Å². The fourth-order valence-corrected chi connectivity index (χ4v) is 5.92. The number of nitrogens with one attached hydrogen (secondary N) is 2. The van der Waals surface area contributed by atoms with Gasteiger partial charge in [-0.3, -0.25) is 29.0 Å². The van der Waals surface area contributed by atoms with Gasteiger partial charge in [0.15, 0.2) is 0 Å². The molecule has 2 heterocycles. The molecule has 0 bridgehead atoms. The first kappa shape index (κ1) is 27.4. The molecule has 0 aliphatic carbocycles. The summed E-state index contributed by atoms with van der Waals surface area (Å²) in [6, 6.07) is 17.7. The van der Waals surface area contributed by atoms with Gasteiger partial charge in [0.25, 0.3) is 23.6 Å². The molecule has 10 nitrogen and oxygen atoms in total. The molecule has 4 amide bonds. The fourth-order valence-electron chi connectivity index (χ4n) is 5.92. The van der Waals surface area contributed by atoms with E-state index in [-0.39, 0.29) is 23.6 Å². The van der Waals surface area contributed by atoms with Crippen LogP contribution in [0.2, 0.25) is 0 Å². The van der Waals surface area contributed by atoms with E-state index in [4.69, 9.17) is 11.5 Å². The second kappa shape index (κ2) is 11.2. The molecule has 10 heteroatoms. The van der Waals surface area contributed by atoms with Crippen LogP contribution < -0.4 is 22.1 Å². The summed E-state index contributed by atoms with van der Waals surface area (Å²) in [7, 11) is 0. The highest BCUT2D eigenvalue weighted by atomic mass is 16.2. The number of benzene rings is 4. The summed E-state index contributed by atoms with van der Waals surface area (Å²) in [4.78, 5) is 54.8. The van der Waals surface area contributed by atoms with Crippen molar-refractivity contribution in [3.05, 3.63) is 82.9 Å². The summed E-state index contributed by atoms with van der Waals surface area (Å²) < 4.78 is 0. The number of imide groups is 2. The molecule has 0 aromatic heterocycles. The van der Waals surface area contributed by atoms with Gasteiger partial charge < -0.3 is 22.1 Å². The van der Waals surface area contributed by atoms with Gasteiger partial charge in [-0.05, 0) is 73.1 Å². The number of amides is 4. The second-order valence-electron chi connectivity index (χ2n) is 10.7. The molecule has 6 N–H and O–H groups in total. The number of nitrogens with two attached hydrogens (primary N) is 2. The smallest absolute Gasteiger partial charge is 0.261 e. The maximum absolute atomic E-state index is 13.1. The number of hydrogen-bond donors (Lipinski definition) is 4. The molecule has 0 saturated carbocycles. The van der Waals surface area contributed by atoms with Gasteiger partial charge in [-0.1, -0.05) is 24.3 Å². The highest BCUT2D eigenvalue weighted by molar-refractivity contribution is 6.27. The largest absolute Gasteiger partial charge is 0.399 e. The van der Waals surface area contributed by atoms with E-state index in [1.54, 1.807) is 48.5 Å². The van der Waals surface area contributed by atoms with Crippen LogP contribution >= 0.6 is 0 Å². The lowest BCUT2D eigenvalue weighted by Gasteiger charge is -2.27. The Kier molecular flexibility index (Phi) is 7.32. The first-order valence-electron chi connectivity index (χ1n) is 14.1. The van der Waals surface area contributed by atoms with Crippen molar-refractivity contribution in [3.8, 4) is 0 Å². The Morgan fingerprint density at radius 3 is 1.36 bits per heavy atom. The molecule has 0 unspecified atom stereocenters. The van der Waals surface area contributed by atoms with E-state index in [9.17, 15) is 19.2 Å². The van der Waals surface area contributed by atoms with Crippen molar-refractivity contribution in [1.82, 2.24) is 20.4 Å². The molecule has 0 atom stereocenters. The maximum atomic E-state index is 13.1. The van der Waals surface area contributed by atoms with E-state index in [0.29, 0.717) is 96.5 Å². The van der Waals surface area contributed by atoms with E-state index in [2.05, 4.69) is 10.6 Å². The summed E-state index contributed by atoms with van der Waals surface area (Å²) in [6.45, 7) is 3.27. The number of rotatable bonds is 11. The Morgan fingerprint density at radius 1 is 0.524 bits per heavy atom. The standard InChI is InChI=1S/C32H32N6O4/c33-21-15-19-5-1-7-23-27(19)25(17-21)31(41)37(29(23)39)13-3-9-35-11-12-36-10-4-14-38-30(40)24-8-2-6-20-16-22(34)18-26(28(20)24)32(38)42/h1-2,5-8,15-18,35-36H,3-4,9-14,33-34H2. The van der Waals surface area contributed by atoms with E-state index in [1.165, 1.54) is 9.80 Å². The lowest BCUT2D eigenvalue weighted by Crippen LogP contribution is -2.42. The number of nitrogen functional groups attached to an aromatic ring is 2. The molecular weight excluding hydrogens is 532 g/mol. The minimum absolute atomic E-state index is 0.279. The van der Waals surface area contributed by atoms with Crippen molar-refractivity contribution in [2.24, 2.45) is 0 Å². The van der Waals surface area contributed by atoms with Crippen LogP contribution in [0.3, 0.4) is 0 Å². The molecule has 4 aromatic carbocycles. The predicted octanol–water partition coefficient (Wildman–Crippen LogP) is 3.01. The normalized spacial score (nSPS) is 14.5. The van der Waals surface area contributed by atoms with Crippen molar-refractivity contribution < 1.29 is 19.2 Å². The van der Waals surface area contributed by atoms with Crippen molar-refractivity contribution in [2.75, 3.05) is 50.7 Å². The van der Waals surface area contributed by atoms with Crippen LogP contribution in [0, 0.1) is 0 Å². The Balaban J connectivity index is 0.921. The quantitative estimate of drug-likeness (QED) is 0.123. The van der Waals surface area contributed by atoms with Crippen molar-refractivity contribution in [3.63, 3.8) is 0 Å². The summed E-state index contributed by atoms with van der Waals surface area (Å²) >= 11 is 0. The molecule has 0 spiro atoms. The third kappa shape index (κ3) is 4.84. The first-order chi connectivity index (χ1) is 20.3. The van der Waals surface area contributed by atoms with Crippen LogP contribution in [-0.2, 0) is 0 Å². The minimum Gasteiger partial charge on any atom is -0.399 e. The third-order valence-electron chi connectivity index (χ3n) is 7.85. The second-order valence-corrected chi connectivity index (χ2v) is 10.7. The van der Waals surface area contributed by atoms with Crippen LogP contribution in [-0.4, -0.2) is 72.7 Å². The monoisotopic (exact) mass is 564 g/mol. The van der Waals surface area contributed by atoms with Crippen LogP contribution in [0.25, 0.3) is 21.5 Å². The fraction of sp³-hybridized carbons (Fsp3) is 0.250. The SMILES string of the molecule is Nc1cc2c3c(cccc3c1)C(=O)N(CCCNCCNCCCN1C(=O)c3cccc4cc(N)cc(c34)C1=O)C2=O. The molecule has 0 saturated heterocycles. The summed E-state index contributed by atoms with van der Waals surface area (Å²) in [6.07, 6.45) is 1.23. The molecule has 4 aromatic rings. The zero-order chi connectivity index (χ0) is 29.4. The third-order valence-corrected chi connectivity index (χ3v) is 7.85. The molecule has 0 radical (unpaired) electrons. The van der Waals surface area contributed by atoms with Crippen LogP contribution in [0.15, 0.2) is 60.7 Å². The lowest BCUT2D eigenvalue weighted by molar-refractivity contribution is 0.0593. The summed E-state index contributed by atoms with van der Waals surface area (Å²) in [5.74, 6) is -1.18. The van der Waals surface area contributed by atoms with Gasteiger partial charge in [-0.15, -0.1) is 0 Å².